The molecule has 0 spiro atoms. The molecule has 1 heterocycles. The maximum Gasteiger partial charge on any atom is 0.306 e. The van der Waals surface area contributed by atoms with Crippen molar-refractivity contribution >= 4 is 23.9 Å². The van der Waals surface area contributed by atoms with Crippen molar-refractivity contribution < 1.29 is 47.6 Å². The lowest BCUT2D eigenvalue weighted by molar-refractivity contribution is -0.296. The summed E-state index contributed by atoms with van der Waals surface area (Å²) in [6, 6.07) is 0. The lowest BCUT2D eigenvalue weighted by atomic mass is 9.91. The summed E-state index contributed by atoms with van der Waals surface area (Å²) >= 11 is 0. The second-order valence-electron chi connectivity index (χ2n) is 17.0. The Morgan fingerprint density at radius 2 is 0.768 bits per heavy atom. The summed E-state index contributed by atoms with van der Waals surface area (Å²) in [4.78, 5) is 49.7. The van der Waals surface area contributed by atoms with E-state index < -0.39 is 11.2 Å². The van der Waals surface area contributed by atoms with Crippen LogP contribution in [0.2, 0.25) is 0 Å². The second-order valence-corrected chi connectivity index (χ2v) is 17.0. The van der Waals surface area contributed by atoms with Gasteiger partial charge in [-0.3, -0.25) is 19.2 Å². The Labute approximate surface area is 341 Å². The van der Waals surface area contributed by atoms with Crippen molar-refractivity contribution in [3.63, 3.8) is 0 Å². The van der Waals surface area contributed by atoms with E-state index in [1.165, 1.54) is 77.0 Å². The zero-order valence-corrected chi connectivity index (χ0v) is 36.9. The number of ether oxygens (including phenoxy) is 6. The first-order chi connectivity index (χ1) is 26.9. The molecule has 10 heteroatoms. The van der Waals surface area contributed by atoms with Crippen LogP contribution in [-0.2, 0) is 47.6 Å². The van der Waals surface area contributed by atoms with Crippen molar-refractivity contribution in [3.8, 4) is 0 Å². The average Bonchev–Trinajstić information content (AvgIpc) is 3.16. The predicted octanol–water partition coefficient (Wildman–Crippen LogP) is 11.7. The maximum atomic E-state index is 12.6. The van der Waals surface area contributed by atoms with Crippen LogP contribution in [0.15, 0.2) is 0 Å². The Morgan fingerprint density at radius 3 is 1.12 bits per heavy atom. The molecule has 56 heavy (non-hydrogen) atoms. The highest BCUT2D eigenvalue weighted by Gasteiger charge is 2.42. The molecule has 2 atom stereocenters. The SMILES string of the molecule is CCCCCCCCCC(C)OC(=O)CCCCCCC(=O)OCC1(COC(=O)CCCCCCC(=O)OC(C)CCCCCCCCC)COC(C)(C)OC1. The third-order valence-electron chi connectivity index (χ3n) is 10.6. The first kappa shape index (κ1) is 51.8. The highest BCUT2D eigenvalue weighted by molar-refractivity contribution is 5.70. The van der Waals surface area contributed by atoms with Crippen molar-refractivity contribution in [2.45, 2.75) is 239 Å². The van der Waals surface area contributed by atoms with Gasteiger partial charge in [0.1, 0.15) is 13.2 Å². The van der Waals surface area contributed by atoms with Gasteiger partial charge in [-0.2, -0.15) is 0 Å². The Bertz CT molecular complexity index is 949. The van der Waals surface area contributed by atoms with Crippen LogP contribution in [0.4, 0.5) is 0 Å². The van der Waals surface area contributed by atoms with Gasteiger partial charge in [0, 0.05) is 25.7 Å². The molecule has 1 aliphatic heterocycles. The molecule has 0 aliphatic carbocycles. The van der Waals surface area contributed by atoms with Gasteiger partial charge in [-0.05, 0) is 79.1 Å². The van der Waals surface area contributed by atoms with E-state index in [2.05, 4.69) is 13.8 Å². The fourth-order valence-electron chi connectivity index (χ4n) is 6.80. The minimum absolute atomic E-state index is 0.0336. The number of hydrogen-bond donors (Lipinski definition) is 0. The molecule has 0 aromatic carbocycles. The highest BCUT2D eigenvalue weighted by Crippen LogP contribution is 2.31. The van der Waals surface area contributed by atoms with Crippen LogP contribution in [0.5, 0.6) is 0 Å². The number of hydrogen-bond acceptors (Lipinski definition) is 10. The molecule has 10 nitrogen and oxygen atoms in total. The number of rotatable bonds is 36. The Kier molecular flexibility index (Phi) is 30.3. The minimum Gasteiger partial charge on any atom is -0.465 e. The first-order valence-corrected chi connectivity index (χ1v) is 22.9. The van der Waals surface area contributed by atoms with Gasteiger partial charge < -0.3 is 28.4 Å². The standard InChI is InChI=1S/C46H84O10/c1-7-9-11-13-15-17-23-29-39(3)55-43(49)33-27-21-19-25-31-41(47)51-35-46(37-53-45(5,6)54-38-46)36-52-42(48)32-26-20-22-28-34-44(50)56-40(4)30-24-18-16-14-12-10-8-2/h39-40H,7-38H2,1-6H3. The molecular formula is C46H84O10. The van der Waals surface area contributed by atoms with Crippen molar-refractivity contribution in [1.82, 2.24) is 0 Å². The molecule has 1 fully saturated rings. The minimum atomic E-state index is -0.779. The quantitative estimate of drug-likeness (QED) is 0.0344. The Hall–Kier alpha value is -2.20. The monoisotopic (exact) mass is 797 g/mol. The molecule has 328 valence electrons. The van der Waals surface area contributed by atoms with Crippen molar-refractivity contribution in [3.05, 3.63) is 0 Å². The van der Waals surface area contributed by atoms with E-state index in [4.69, 9.17) is 28.4 Å². The maximum absolute atomic E-state index is 12.6. The van der Waals surface area contributed by atoms with Gasteiger partial charge in [-0.15, -0.1) is 0 Å². The fourth-order valence-corrected chi connectivity index (χ4v) is 6.80. The van der Waals surface area contributed by atoms with Gasteiger partial charge in [0.05, 0.1) is 30.8 Å². The molecule has 0 radical (unpaired) electrons. The number of esters is 4. The Balaban J connectivity index is 2.21. The predicted molar refractivity (Wildman–Crippen MR) is 222 cm³/mol. The van der Waals surface area contributed by atoms with Gasteiger partial charge in [0.15, 0.2) is 5.79 Å². The van der Waals surface area contributed by atoms with E-state index in [-0.39, 0.29) is 75.4 Å². The molecule has 0 aromatic rings. The van der Waals surface area contributed by atoms with Crippen LogP contribution >= 0.6 is 0 Å². The third-order valence-corrected chi connectivity index (χ3v) is 10.6. The molecule has 0 N–H and O–H groups in total. The largest absolute Gasteiger partial charge is 0.465 e. The average molecular weight is 797 g/mol. The van der Waals surface area contributed by atoms with Crippen LogP contribution in [-0.4, -0.2) is 68.3 Å². The van der Waals surface area contributed by atoms with E-state index in [0.717, 1.165) is 64.2 Å². The van der Waals surface area contributed by atoms with E-state index in [1.54, 1.807) is 0 Å². The van der Waals surface area contributed by atoms with E-state index in [1.807, 2.05) is 27.7 Å². The molecule has 1 saturated heterocycles. The van der Waals surface area contributed by atoms with Gasteiger partial charge in [-0.1, -0.05) is 117 Å². The molecular weight excluding hydrogens is 712 g/mol. The summed E-state index contributed by atoms with van der Waals surface area (Å²) < 4.78 is 34.2. The number of carbonyl (C=O) groups is 4. The normalized spacial score (nSPS) is 15.8. The Morgan fingerprint density at radius 1 is 0.464 bits per heavy atom. The van der Waals surface area contributed by atoms with Gasteiger partial charge in [0.25, 0.3) is 0 Å². The lowest BCUT2D eigenvalue weighted by Crippen LogP contribution is -2.51. The number of unbranched alkanes of at least 4 members (excludes halogenated alkanes) is 18. The third kappa shape index (κ3) is 29.1. The van der Waals surface area contributed by atoms with Crippen molar-refractivity contribution in [2.75, 3.05) is 26.4 Å². The van der Waals surface area contributed by atoms with E-state index in [9.17, 15) is 19.2 Å². The molecule has 1 rings (SSSR count). The lowest BCUT2D eigenvalue weighted by Gasteiger charge is -2.42. The van der Waals surface area contributed by atoms with Crippen LogP contribution in [0.3, 0.4) is 0 Å². The molecule has 1 aliphatic rings. The van der Waals surface area contributed by atoms with Gasteiger partial charge >= 0.3 is 23.9 Å². The van der Waals surface area contributed by atoms with Gasteiger partial charge in [-0.25, -0.2) is 0 Å². The molecule has 0 saturated carbocycles. The fraction of sp³-hybridized carbons (Fsp3) is 0.913. The summed E-state index contributed by atoms with van der Waals surface area (Å²) in [7, 11) is 0. The summed E-state index contributed by atoms with van der Waals surface area (Å²) in [5.41, 5.74) is -0.779. The summed E-state index contributed by atoms with van der Waals surface area (Å²) in [5, 5.41) is 0. The zero-order valence-electron chi connectivity index (χ0n) is 36.9. The molecule has 0 aromatic heterocycles. The highest BCUT2D eigenvalue weighted by atomic mass is 16.7. The van der Waals surface area contributed by atoms with E-state index in [0.29, 0.717) is 25.7 Å². The molecule has 0 bridgehead atoms. The van der Waals surface area contributed by atoms with Crippen LogP contribution in [0, 0.1) is 5.41 Å². The summed E-state index contributed by atoms with van der Waals surface area (Å²) in [5.74, 6) is -1.68. The second kappa shape index (κ2) is 32.7. The van der Waals surface area contributed by atoms with Crippen LogP contribution < -0.4 is 0 Å². The summed E-state index contributed by atoms with van der Waals surface area (Å²) in [6.07, 6.45) is 26.8. The topological polar surface area (TPSA) is 124 Å². The first-order valence-electron chi connectivity index (χ1n) is 22.9. The molecule has 2 unspecified atom stereocenters. The van der Waals surface area contributed by atoms with Gasteiger partial charge in [0.2, 0.25) is 0 Å². The van der Waals surface area contributed by atoms with Crippen molar-refractivity contribution in [2.24, 2.45) is 5.41 Å². The van der Waals surface area contributed by atoms with Crippen LogP contribution in [0.25, 0.3) is 0 Å². The van der Waals surface area contributed by atoms with E-state index >= 15 is 0 Å². The van der Waals surface area contributed by atoms with Crippen molar-refractivity contribution in [1.29, 1.82) is 0 Å². The van der Waals surface area contributed by atoms with Crippen LogP contribution in [0.1, 0.15) is 221 Å². The smallest absolute Gasteiger partial charge is 0.306 e. The number of carbonyl (C=O) groups excluding carboxylic acids is 4. The molecule has 0 amide bonds. The summed E-state index contributed by atoms with van der Waals surface area (Å²) in [6.45, 7) is 12.6. The zero-order chi connectivity index (χ0) is 41.3.